The number of fused-ring (bicyclic) bond motifs is 3. The van der Waals surface area contributed by atoms with Crippen molar-refractivity contribution in [3.63, 3.8) is 0 Å². The molecule has 2 aromatic carbocycles. The molecule has 0 unspecified atom stereocenters. The molecule has 0 saturated heterocycles. The van der Waals surface area contributed by atoms with E-state index in [0.29, 0.717) is 6.54 Å². The van der Waals surface area contributed by atoms with E-state index in [9.17, 15) is 4.79 Å². The molecule has 0 radical (unpaired) electrons. The van der Waals surface area contributed by atoms with Crippen molar-refractivity contribution < 1.29 is 4.79 Å². The van der Waals surface area contributed by atoms with Crippen LogP contribution in [0.15, 0.2) is 46.9 Å². The molecule has 0 spiro atoms. The number of hydrogen-bond donors (Lipinski definition) is 1. The largest absolute Gasteiger partial charge is 0.350 e. The van der Waals surface area contributed by atoms with E-state index >= 15 is 0 Å². The SMILES string of the molecule is CCCCc1ccc2c(c1)c1c(n2Cc2ccc(Br)cc2)C(=O)NCC1. The molecule has 4 rings (SSSR count). The first-order chi connectivity index (χ1) is 12.7. The van der Waals surface area contributed by atoms with Crippen molar-refractivity contribution in [2.45, 2.75) is 39.2 Å². The summed E-state index contributed by atoms with van der Waals surface area (Å²) in [5.74, 6) is 0.0506. The zero-order valence-electron chi connectivity index (χ0n) is 15.0. The van der Waals surface area contributed by atoms with Gasteiger partial charge in [0.1, 0.15) is 5.69 Å². The van der Waals surface area contributed by atoms with Gasteiger partial charge in [-0.05, 0) is 60.2 Å². The lowest BCUT2D eigenvalue weighted by atomic mass is 10.0. The number of nitrogens with one attached hydrogen (secondary N) is 1. The summed E-state index contributed by atoms with van der Waals surface area (Å²) in [6, 6.07) is 15.1. The second-order valence-corrected chi connectivity index (χ2v) is 7.92. The predicted molar refractivity (Wildman–Crippen MR) is 110 cm³/mol. The molecular weight excluding hydrogens is 388 g/mol. The number of rotatable bonds is 5. The van der Waals surface area contributed by atoms with E-state index in [1.807, 2.05) is 0 Å². The number of aryl methyl sites for hydroxylation is 1. The van der Waals surface area contributed by atoms with Gasteiger partial charge >= 0.3 is 0 Å². The lowest BCUT2D eigenvalue weighted by Gasteiger charge is -2.16. The molecule has 1 amide bonds. The summed E-state index contributed by atoms with van der Waals surface area (Å²) in [6.07, 6.45) is 4.41. The lowest BCUT2D eigenvalue weighted by molar-refractivity contribution is 0.0937. The highest BCUT2D eigenvalue weighted by molar-refractivity contribution is 9.10. The molecule has 3 aromatic rings. The zero-order chi connectivity index (χ0) is 18.1. The van der Waals surface area contributed by atoms with Crippen LogP contribution in [0.3, 0.4) is 0 Å². The topological polar surface area (TPSA) is 34.0 Å². The van der Waals surface area contributed by atoms with Crippen LogP contribution < -0.4 is 5.32 Å². The maximum atomic E-state index is 12.6. The Morgan fingerprint density at radius 3 is 2.65 bits per heavy atom. The number of carbonyl (C=O) groups is 1. The highest BCUT2D eigenvalue weighted by atomic mass is 79.9. The molecule has 1 aliphatic rings. The number of carbonyl (C=O) groups excluding carboxylic acids is 1. The van der Waals surface area contributed by atoms with Crippen LogP contribution in [0.2, 0.25) is 0 Å². The van der Waals surface area contributed by atoms with Crippen molar-refractivity contribution in [3.05, 3.63) is 69.3 Å². The molecule has 26 heavy (non-hydrogen) atoms. The van der Waals surface area contributed by atoms with Crippen molar-refractivity contribution in [1.29, 1.82) is 0 Å². The van der Waals surface area contributed by atoms with Gasteiger partial charge in [-0.25, -0.2) is 0 Å². The highest BCUT2D eigenvalue weighted by Gasteiger charge is 2.26. The average Bonchev–Trinajstić information content (AvgIpc) is 2.96. The monoisotopic (exact) mass is 410 g/mol. The van der Waals surface area contributed by atoms with Crippen molar-refractivity contribution >= 4 is 32.7 Å². The standard InChI is InChI=1S/C22H23BrN2O/c1-2-3-4-15-7-10-20-19(13-15)18-11-12-24-22(26)21(18)25(20)14-16-5-8-17(23)9-6-16/h5-10,13H,2-4,11-12,14H2,1H3,(H,24,26). The third kappa shape index (κ3) is 3.18. The van der Waals surface area contributed by atoms with Gasteiger partial charge in [0.25, 0.3) is 5.91 Å². The van der Waals surface area contributed by atoms with E-state index in [1.165, 1.54) is 34.9 Å². The van der Waals surface area contributed by atoms with E-state index in [1.54, 1.807) is 0 Å². The highest BCUT2D eigenvalue weighted by Crippen LogP contribution is 2.31. The van der Waals surface area contributed by atoms with Gasteiger partial charge < -0.3 is 9.88 Å². The first kappa shape index (κ1) is 17.3. The number of halogens is 1. The average molecular weight is 411 g/mol. The molecule has 1 aromatic heterocycles. The van der Waals surface area contributed by atoms with Crippen LogP contribution in [0.4, 0.5) is 0 Å². The minimum absolute atomic E-state index is 0.0506. The van der Waals surface area contributed by atoms with Crippen LogP contribution in [0.5, 0.6) is 0 Å². The molecule has 2 heterocycles. The van der Waals surface area contributed by atoms with Gasteiger partial charge in [0, 0.05) is 28.5 Å². The first-order valence-electron chi connectivity index (χ1n) is 9.34. The Morgan fingerprint density at radius 2 is 1.88 bits per heavy atom. The van der Waals surface area contributed by atoms with Crippen molar-refractivity contribution in [2.75, 3.05) is 6.54 Å². The number of nitrogens with zero attached hydrogens (tertiary/aromatic N) is 1. The minimum Gasteiger partial charge on any atom is -0.350 e. The smallest absolute Gasteiger partial charge is 0.268 e. The van der Waals surface area contributed by atoms with E-state index < -0.39 is 0 Å². The Bertz CT molecular complexity index is 956. The zero-order valence-corrected chi connectivity index (χ0v) is 16.6. The van der Waals surface area contributed by atoms with Gasteiger partial charge in [-0.2, -0.15) is 0 Å². The normalized spacial score (nSPS) is 13.7. The fourth-order valence-electron chi connectivity index (χ4n) is 3.84. The summed E-state index contributed by atoms with van der Waals surface area (Å²) in [6.45, 7) is 3.66. The second-order valence-electron chi connectivity index (χ2n) is 7.00. The van der Waals surface area contributed by atoms with Crippen molar-refractivity contribution in [3.8, 4) is 0 Å². The maximum absolute atomic E-state index is 12.6. The van der Waals surface area contributed by atoms with E-state index in [2.05, 4.69) is 75.2 Å². The summed E-state index contributed by atoms with van der Waals surface area (Å²) in [7, 11) is 0. The fourth-order valence-corrected chi connectivity index (χ4v) is 4.11. The predicted octanol–water partition coefficient (Wildman–Crippen LogP) is 5.08. The van der Waals surface area contributed by atoms with Crippen LogP contribution in [-0.4, -0.2) is 17.0 Å². The molecule has 134 valence electrons. The molecule has 0 fully saturated rings. The Balaban J connectivity index is 1.83. The minimum atomic E-state index is 0.0506. The molecule has 1 aliphatic heterocycles. The summed E-state index contributed by atoms with van der Waals surface area (Å²) in [4.78, 5) is 12.6. The van der Waals surface area contributed by atoms with Crippen LogP contribution >= 0.6 is 15.9 Å². The summed E-state index contributed by atoms with van der Waals surface area (Å²) in [5.41, 5.74) is 5.77. The van der Waals surface area contributed by atoms with E-state index in [4.69, 9.17) is 0 Å². The van der Waals surface area contributed by atoms with Crippen LogP contribution in [0.1, 0.15) is 46.9 Å². The van der Waals surface area contributed by atoms with Gasteiger partial charge in [-0.1, -0.05) is 47.5 Å². The molecule has 4 heteroatoms. The van der Waals surface area contributed by atoms with Gasteiger partial charge in [0.15, 0.2) is 0 Å². The third-order valence-corrected chi connectivity index (χ3v) is 5.71. The van der Waals surface area contributed by atoms with Crippen molar-refractivity contribution in [1.82, 2.24) is 9.88 Å². The number of unbranched alkanes of at least 4 members (excludes halogenated alkanes) is 1. The van der Waals surface area contributed by atoms with Crippen LogP contribution in [0.25, 0.3) is 10.9 Å². The summed E-state index contributed by atoms with van der Waals surface area (Å²) < 4.78 is 3.25. The fraction of sp³-hybridized carbons (Fsp3) is 0.318. The number of amides is 1. The quantitative estimate of drug-likeness (QED) is 0.624. The summed E-state index contributed by atoms with van der Waals surface area (Å²) >= 11 is 3.49. The van der Waals surface area contributed by atoms with Crippen LogP contribution in [0, 0.1) is 0 Å². The van der Waals surface area contributed by atoms with E-state index in [0.717, 1.165) is 35.1 Å². The second kappa shape index (κ2) is 7.28. The van der Waals surface area contributed by atoms with Gasteiger partial charge in [-0.15, -0.1) is 0 Å². The van der Waals surface area contributed by atoms with E-state index in [-0.39, 0.29) is 5.91 Å². The molecule has 1 N–H and O–H groups in total. The molecular formula is C22H23BrN2O. The molecule has 0 aliphatic carbocycles. The Kier molecular flexibility index (Phi) is 4.86. The van der Waals surface area contributed by atoms with Crippen molar-refractivity contribution in [2.24, 2.45) is 0 Å². The first-order valence-corrected chi connectivity index (χ1v) is 10.1. The number of hydrogen-bond acceptors (Lipinski definition) is 1. The Morgan fingerprint density at radius 1 is 1.12 bits per heavy atom. The maximum Gasteiger partial charge on any atom is 0.268 e. The Hall–Kier alpha value is -2.07. The summed E-state index contributed by atoms with van der Waals surface area (Å²) in [5, 5.41) is 4.27. The third-order valence-electron chi connectivity index (χ3n) is 5.18. The van der Waals surface area contributed by atoms with Gasteiger partial charge in [0.05, 0.1) is 0 Å². The number of benzene rings is 2. The Labute approximate surface area is 162 Å². The molecule has 0 saturated carbocycles. The van der Waals surface area contributed by atoms with Gasteiger partial charge in [0.2, 0.25) is 0 Å². The molecule has 0 atom stereocenters. The molecule has 3 nitrogen and oxygen atoms in total. The van der Waals surface area contributed by atoms with Gasteiger partial charge in [-0.3, -0.25) is 4.79 Å². The number of aromatic nitrogens is 1. The van der Waals surface area contributed by atoms with Crippen LogP contribution in [-0.2, 0) is 19.4 Å². The lowest BCUT2D eigenvalue weighted by Crippen LogP contribution is -2.33. The molecule has 0 bridgehead atoms.